The van der Waals surface area contributed by atoms with Crippen molar-refractivity contribution in [2.24, 2.45) is 0 Å². The molecule has 0 saturated carbocycles. The lowest BCUT2D eigenvalue weighted by Gasteiger charge is -2.08. The number of carbonyl (C=O) groups is 1. The summed E-state index contributed by atoms with van der Waals surface area (Å²) < 4.78 is 11.5. The predicted octanol–water partition coefficient (Wildman–Crippen LogP) is 7.51. The van der Waals surface area contributed by atoms with Gasteiger partial charge < -0.3 is 14.3 Å². The van der Waals surface area contributed by atoms with E-state index >= 15 is 0 Å². The molecule has 0 aliphatic rings. The molecule has 2 rings (SSSR count). The van der Waals surface area contributed by atoms with E-state index in [2.05, 4.69) is 36.4 Å². The van der Waals surface area contributed by atoms with Crippen molar-refractivity contribution in [3.8, 4) is 5.75 Å². The molecule has 0 saturated heterocycles. The zero-order valence-electron chi connectivity index (χ0n) is 18.7. The topological polar surface area (TPSA) is 35.5 Å². The Morgan fingerprint density at radius 3 is 1.87 bits per heavy atom. The van der Waals surface area contributed by atoms with E-state index in [4.69, 9.17) is 9.47 Å². The average molecular weight is 413 g/mol. The first-order valence-corrected chi connectivity index (χ1v) is 12.0. The highest BCUT2D eigenvalue weighted by molar-refractivity contribution is 5.83. The molecule has 0 radical (unpaired) electrons. The lowest BCUT2D eigenvalue weighted by Crippen LogP contribution is -2.07. The van der Waals surface area contributed by atoms with E-state index in [9.17, 15) is 4.79 Å². The fourth-order valence-electron chi connectivity index (χ4n) is 3.78. The maximum atomic E-state index is 10.2. The molecule has 2 aromatic rings. The van der Waals surface area contributed by atoms with E-state index < -0.39 is 0 Å². The third kappa shape index (κ3) is 11.3. The van der Waals surface area contributed by atoms with Gasteiger partial charge in [-0.15, -0.1) is 0 Å². The van der Waals surface area contributed by atoms with Crippen LogP contribution in [0.15, 0.2) is 42.5 Å². The smallest absolute Gasteiger partial charge is 0.120 e. The van der Waals surface area contributed by atoms with Crippen molar-refractivity contribution in [3.63, 3.8) is 0 Å². The fourth-order valence-corrected chi connectivity index (χ4v) is 3.78. The van der Waals surface area contributed by atoms with Crippen LogP contribution < -0.4 is 4.74 Å². The lowest BCUT2D eigenvalue weighted by molar-refractivity contribution is -0.107. The quantitative estimate of drug-likeness (QED) is 0.177. The Balaban J connectivity index is 1.31. The molecule has 2 aromatic carbocycles. The maximum absolute atomic E-state index is 10.2. The average Bonchev–Trinajstić information content (AvgIpc) is 2.78. The zero-order chi connectivity index (χ0) is 21.1. The van der Waals surface area contributed by atoms with E-state index in [-0.39, 0.29) is 0 Å². The highest BCUT2D eigenvalue weighted by atomic mass is 16.5. The highest BCUT2D eigenvalue weighted by Gasteiger charge is 1.98. The highest BCUT2D eigenvalue weighted by Crippen LogP contribution is 2.20. The van der Waals surface area contributed by atoms with Gasteiger partial charge in [0.2, 0.25) is 0 Å². The van der Waals surface area contributed by atoms with Crippen molar-refractivity contribution in [1.29, 1.82) is 0 Å². The van der Waals surface area contributed by atoms with Crippen LogP contribution in [0.25, 0.3) is 10.8 Å². The Morgan fingerprint density at radius 2 is 1.20 bits per heavy atom. The van der Waals surface area contributed by atoms with Gasteiger partial charge in [0.1, 0.15) is 18.6 Å². The summed E-state index contributed by atoms with van der Waals surface area (Å²) in [4.78, 5) is 10.2. The van der Waals surface area contributed by atoms with Crippen LogP contribution >= 0.6 is 0 Å². The zero-order valence-corrected chi connectivity index (χ0v) is 18.7. The number of hydrogen-bond donors (Lipinski definition) is 0. The molecule has 0 atom stereocenters. The molecule has 3 heteroatoms. The van der Waals surface area contributed by atoms with Crippen LogP contribution in [0.1, 0.15) is 83.5 Å². The monoisotopic (exact) mass is 412 g/mol. The Bertz CT molecular complexity index is 683. The summed E-state index contributed by atoms with van der Waals surface area (Å²) >= 11 is 0. The van der Waals surface area contributed by atoms with Crippen molar-refractivity contribution in [3.05, 3.63) is 42.5 Å². The molecule has 0 fully saturated rings. The minimum atomic E-state index is 0.607. The standard InChI is InChI=1S/C27H40O3/c28-20-14-10-8-6-4-2-1-3-5-7-9-11-15-21-29-22-23-30-27-19-18-25-16-12-13-17-26(25)24-27/h12-13,16-20,24H,1-11,14-15,21-23H2. The van der Waals surface area contributed by atoms with Crippen molar-refractivity contribution in [1.82, 2.24) is 0 Å². The summed E-state index contributed by atoms with van der Waals surface area (Å²) in [5.74, 6) is 0.912. The number of ether oxygens (including phenoxy) is 2. The van der Waals surface area contributed by atoms with Crippen LogP contribution in [-0.2, 0) is 9.53 Å². The van der Waals surface area contributed by atoms with E-state index in [1.54, 1.807) is 0 Å². The van der Waals surface area contributed by atoms with Crippen LogP contribution in [0.3, 0.4) is 0 Å². The van der Waals surface area contributed by atoms with Crippen molar-refractivity contribution >= 4 is 17.1 Å². The minimum absolute atomic E-state index is 0.607. The molecule has 0 aliphatic heterocycles. The largest absolute Gasteiger partial charge is 0.491 e. The molecular weight excluding hydrogens is 372 g/mol. The van der Waals surface area contributed by atoms with E-state index in [1.165, 1.54) is 75.0 Å². The molecule has 166 valence electrons. The van der Waals surface area contributed by atoms with Crippen molar-refractivity contribution in [2.45, 2.75) is 83.5 Å². The van der Waals surface area contributed by atoms with E-state index in [0.29, 0.717) is 13.2 Å². The number of rotatable bonds is 19. The summed E-state index contributed by atoms with van der Waals surface area (Å²) in [5, 5.41) is 2.45. The number of fused-ring (bicyclic) bond motifs is 1. The number of aldehydes is 1. The molecule has 0 heterocycles. The number of carbonyl (C=O) groups excluding carboxylic acids is 1. The van der Waals surface area contributed by atoms with Gasteiger partial charge in [-0.05, 0) is 35.7 Å². The first-order chi connectivity index (χ1) is 14.9. The van der Waals surface area contributed by atoms with Gasteiger partial charge in [-0.2, -0.15) is 0 Å². The van der Waals surface area contributed by atoms with Crippen LogP contribution in [0.5, 0.6) is 5.75 Å². The molecule has 0 aromatic heterocycles. The van der Waals surface area contributed by atoms with E-state index in [1.807, 2.05) is 6.07 Å². The first-order valence-electron chi connectivity index (χ1n) is 12.0. The molecule has 0 aliphatic carbocycles. The first kappa shape index (κ1) is 24.4. The second-order valence-corrected chi connectivity index (χ2v) is 8.17. The summed E-state index contributed by atoms with van der Waals surface area (Å²) in [6.07, 6.45) is 17.2. The number of benzene rings is 2. The summed E-state index contributed by atoms with van der Waals surface area (Å²) in [6.45, 7) is 2.10. The number of hydrogen-bond acceptors (Lipinski definition) is 3. The van der Waals surface area contributed by atoms with Gasteiger partial charge >= 0.3 is 0 Å². The van der Waals surface area contributed by atoms with Gasteiger partial charge in [0.25, 0.3) is 0 Å². The molecule has 30 heavy (non-hydrogen) atoms. The van der Waals surface area contributed by atoms with E-state index in [0.717, 1.165) is 37.9 Å². The van der Waals surface area contributed by atoms with Crippen molar-refractivity contribution < 1.29 is 14.3 Å². The Labute approximate surface area is 183 Å². The SMILES string of the molecule is O=CCCCCCCCCCCCCCCOCCOc1ccc2ccccc2c1. The van der Waals surface area contributed by atoms with Crippen molar-refractivity contribution in [2.75, 3.05) is 19.8 Å². The predicted molar refractivity (Wildman–Crippen MR) is 126 cm³/mol. The third-order valence-corrected chi connectivity index (χ3v) is 5.58. The maximum Gasteiger partial charge on any atom is 0.120 e. The van der Waals surface area contributed by atoms with Crippen LogP contribution in [-0.4, -0.2) is 26.1 Å². The van der Waals surface area contributed by atoms with Gasteiger partial charge in [-0.3, -0.25) is 0 Å². The molecule has 0 N–H and O–H groups in total. The normalized spacial score (nSPS) is 11.1. The molecule has 0 unspecified atom stereocenters. The molecule has 3 nitrogen and oxygen atoms in total. The van der Waals surface area contributed by atoms with Gasteiger partial charge in [0, 0.05) is 13.0 Å². The van der Waals surface area contributed by atoms with Crippen LogP contribution in [0.4, 0.5) is 0 Å². The van der Waals surface area contributed by atoms with Gasteiger partial charge in [0.05, 0.1) is 6.61 Å². The number of unbranched alkanes of at least 4 members (excludes halogenated alkanes) is 12. The summed E-state index contributed by atoms with van der Waals surface area (Å²) in [7, 11) is 0. The van der Waals surface area contributed by atoms with Gasteiger partial charge in [-0.25, -0.2) is 0 Å². The van der Waals surface area contributed by atoms with Crippen LogP contribution in [0, 0.1) is 0 Å². The Kier molecular flexibility index (Phi) is 13.7. The fraction of sp³-hybridized carbons (Fsp3) is 0.593. The van der Waals surface area contributed by atoms with Gasteiger partial charge in [-0.1, -0.05) is 94.5 Å². The molecular formula is C27H40O3. The van der Waals surface area contributed by atoms with Gasteiger partial charge in [0.15, 0.2) is 0 Å². The second kappa shape index (κ2) is 16.9. The Morgan fingerprint density at radius 1 is 0.600 bits per heavy atom. The minimum Gasteiger partial charge on any atom is -0.491 e. The summed E-state index contributed by atoms with van der Waals surface area (Å²) in [6, 6.07) is 14.5. The molecule has 0 spiro atoms. The second-order valence-electron chi connectivity index (χ2n) is 8.17. The summed E-state index contributed by atoms with van der Waals surface area (Å²) in [5.41, 5.74) is 0. The molecule has 0 amide bonds. The van der Waals surface area contributed by atoms with Crippen LogP contribution in [0.2, 0.25) is 0 Å². The Hall–Kier alpha value is -1.87. The molecule has 0 bridgehead atoms. The lowest BCUT2D eigenvalue weighted by atomic mass is 10.0. The third-order valence-electron chi connectivity index (χ3n) is 5.58.